The van der Waals surface area contributed by atoms with Crippen LogP contribution in [0.25, 0.3) is 0 Å². The molecule has 0 N–H and O–H groups in total. The number of benzene rings is 1. The molecule has 0 aliphatic rings. The lowest BCUT2D eigenvalue weighted by Crippen LogP contribution is -2.33. The highest BCUT2D eigenvalue weighted by Crippen LogP contribution is 2.13. The monoisotopic (exact) mass is 366 g/mol. The molecule has 1 aromatic heterocycles. The van der Waals surface area contributed by atoms with Gasteiger partial charge in [-0.3, -0.25) is 0 Å². The van der Waals surface area contributed by atoms with Crippen LogP contribution in [0.5, 0.6) is 0 Å². The van der Waals surface area contributed by atoms with Gasteiger partial charge >= 0.3 is 0 Å². The molecule has 1 heteroatoms. The highest BCUT2D eigenvalue weighted by molar-refractivity contribution is 5.13. The Morgan fingerprint density at radius 1 is 0.556 bits per heavy atom. The zero-order valence-electron chi connectivity index (χ0n) is 17.5. The van der Waals surface area contributed by atoms with Gasteiger partial charge in [-0.25, -0.2) is 4.57 Å². The summed E-state index contributed by atoms with van der Waals surface area (Å²) in [6.07, 6.45) is 22.7. The molecule has 0 amide bonds. The number of rotatable bonds is 15. The van der Waals surface area contributed by atoms with Crippen LogP contribution < -0.4 is 4.57 Å². The Labute approximate surface area is 167 Å². The molecule has 0 saturated carbocycles. The van der Waals surface area contributed by atoms with Crippen LogP contribution in [-0.4, -0.2) is 0 Å². The largest absolute Gasteiger partial charge is 0.201 e. The normalized spacial score (nSPS) is 11.0. The minimum atomic E-state index is 0.958. The molecule has 2 rings (SSSR count). The number of aromatic nitrogens is 1. The molecule has 1 heterocycles. The molecule has 0 bridgehead atoms. The zero-order chi connectivity index (χ0) is 19.0. The van der Waals surface area contributed by atoms with Crippen molar-refractivity contribution in [2.24, 2.45) is 0 Å². The van der Waals surface area contributed by atoms with E-state index in [1.54, 1.807) is 0 Å². The maximum atomic E-state index is 2.29. The van der Waals surface area contributed by atoms with Crippen LogP contribution in [-0.2, 0) is 13.0 Å². The summed E-state index contributed by atoms with van der Waals surface area (Å²) in [4.78, 5) is 0. The lowest BCUT2D eigenvalue weighted by molar-refractivity contribution is -0.688. The Morgan fingerprint density at radius 3 is 1.63 bits per heavy atom. The Bertz CT molecular complexity index is 573. The molecule has 1 nitrogen and oxygen atoms in total. The molecule has 0 atom stereocenters. The molecule has 0 fully saturated rings. The summed E-state index contributed by atoms with van der Waals surface area (Å²) in [5.41, 5.74) is 2.84. The number of pyridine rings is 1. The van der Waals surface area contributed by atoms with E-state index in [9.17, 15) is 0 Å². The smallest absolute Gasteiger partial charge is 0.173 e. The van der Waals surface area contributed by atoms with E-state index in [-0.39, 0.29) is 0 Å². The fourth-order valence-electron chi connectivity index (χ4n) is 3.72. The van der Waals surface area contributed by atoms with E-state index in [2.05, 4.69) is 66.3 Å². The van der Waals surface area contributed by atoms with Crippen LogP contribution >= 0.6 is 0 Å². The Kier molecular flexibility index (Phi) is 11.6. The number of hydrogen-bond donors (Lipinski definition) is 0. The number of hydrogen-bond acceptors (Lipinski definition) is 0. The van der Waals surface area contributed by atoms with E-state index in [0.29, 0.717) is 0 Å². The second kappa shape index (κ2) is 14.4. The summed E-state index contributed by atoms with van der Waals surface area (Å²) >= 11 is 0. The van der Waals surface area contributed by atoms with Gasteiger partial charge in [0.1, 0.15) is 0 Å². The van der Waals surface area contributed by atoms with Crippen molar-refractivity contribution in [3.63, 3.8) is 0 Å². The first kappa shape index (κ1) is 21.7. The lowest BCUT2D eigenvalue weighted by atomic mass is 10.0. The predicted octanol–water partition coefficient (Wildman–Crippen LogP) is 7.27. The minimum Gasteiger partial charge on any atom is -0.201 e. The van der Waals surface area contributed by atoms with Crippen LogP contribution in [0.3, 0.4) is 0 Å². The summed E-state index contributed by atoms with van der Waals surface area (Å²) < 4.78 is 2.26. The first-order valence-corrected chi connectivity index (χ1v) is 11.4. The van der Waals surface area contributed by atoms with Gasteiger partial charge in [0.2, 0.25) is 0 Å². The quantitative estimate of drug-likeness (QED) is 0.230. The lowest BCUT2D eigenvalue weighted by Gasteiger charge is -2.03. The molecule has 0 spiro atoms. The summed E-state index contributed by atoms with van der Waals surface area (Å²) in [6.45, 7) is 3.25. The second-order valence-corrected chi connectivity index (χ2v) is 8.00. The van der Waals surface area contributed by atoms with Gasteiger partial charge in [-0.2, -0.15) is 0 Å². The van der Waals surface area contributed by atoms with Crippen LogP contribution in [0.1, 0.15) is 95.1 Å². The topological polar surface area (TPSA) is 3.88 Å². The average molecular weight is 367 g/mol. The van der Waals surface area contributed by atoms with Gasteiger partial charge in [-0.05, 0) is 18.4 Å². The predicted molar refractivity (Wildman–Crippen MR) is 117 cm³/mol. The molecular formula is C26H40N+. The highest BCUT2D eigenvalue weighted by Gasteiger charge is 2.02. The van der Waals surface area contributed by atoms with Gasteiger partial charge in [-0.1, -0.05) is 108 Å². The van der Waals surface area contributed by atoms with Gasteiger partial charge in [0.25, 0.3) is 0 Å². The molecule has 0 aliphatic heterocycles. The molecule has 0 aliphatic carbocycles. The van der Waals surface area contributed by atoms with Crippen LogP contribution in [0.15, 0.2) is 54.9 Å². The third-order valence-corrected chi connectivity index (χ3v) is 5.49. The van der Waals surface area contributed by atoms with Crippen molar-refractivity contribution >= 4 is 0 Å². The molecule has 0 saturated heterocycles. The van der Waals surface area contributed by atoms with Crippen molar-refractivity contribution < 1.29 is 4.57 Å². The van der Waals surface area contributed by atoms with Gasteiger partial charge in [-0.15, -0.1) is 0 Å². The van der Waals surface area contributed by atoms with Crippen molar-refractivity contribution in [3.05, 3.63) is 66.0 Å². The van der Waals surface area contributed by atoms with E-state index in [4.69, 9.17) is 0 Å². The van der Waals surface area contributed by atoms with E-state index in [0.717, 1.165) is 6.54 Å². The molecule has 1 aromatic carbocycles. The van der Waals surface area contributed by atoms with Crippen LogP contribution in [0.4, 0.5) is 0 Å². The van der Waals surface area contributed by atoms with Gasteiger partial charge < -0.3 is 0 Å². The maximum Gasteiger partial charge on any atom is 0.173 e. The Morgan fingerprint density at radius 2 is 1.07 bits per heavy atom. The molecule has 148 valence electrons. The van der Waals surface area contributed by atoms with E-state index in [1.807, 2.05) is 0 Å². The standard InChI is InChI=1S/C26H40N/c1-2-3-4-5-6-7-8-9-10-11-12-14-17-25-20-22-27(23-21-25)24-26-18-15-13-16-19-26/h13,15-16,18-23H,2-12,14,17,24H2,1H3/q+1. The van der Waals surface area contributed by atoms with Crippen molar-refractivity contribution in [2.75, 3.05) is 0 Å². The van der Waals surface area contributed by atoms with Gasteiger partial charge in [0, 0.05) is 17.7 Å². The average Bonchev–Trinajstić information content (AvgIpc) is 2.71. The van der Waals surface area contributed by atoms with Crippen molar-refractivity contribution in [1.82, 2.24) is 0 Å². The number of unbranched alkanes of at least 4 members (excludes halogenated alkanes) is 11. The summed E-state index contributed by atoms with van der Waals surface area (Å²) in [7, 11) is 0. The van der Waals surface area contributed by atoms with Crippen LogP contribution in [0.2, 0.25) is 0 Å². The van der Waals surface area contributed by atoms with Gasteiger partial charge in [0.05, 0.1) is 0 Å². The maximum absolute atomic E-state index is 2.29. The Hall–Kier alpha value is -1.63. The van der Waals surface area contributed by atoms with E-state index >= 15 is 0 Å². The number of nitrogens with zero attached hydrogens (tertiary/aromatic N) is 1. The third kappa shape index (κ3) is 10.3. The van der Waals surface area contributed by atoms with E-state index < -0.39 is 0 Å². The van der Waals surface area contributed by atoms with E-state index in [1.165, 1.54) is 94.6 Å². The summed E-state index contributed by atoms with van der Waals surface area (Å²) in [6, 6.07) is 15.3. The minimum absolute atomic E-state index is 0.958. The first-order chi connectivity index (χ1) is 13.4. The molecule has 27 heavy (non-hydrogen) atoms. The summed E-state index contributed by atoms with van der Waals surface area (Å²) in [5, 5.41) is 0. The van der Waals surface area contributed by atoms with Gasteiger partial charge in [0.15, 0.2) is 18.9 Å². The molecular weight excluding hydrogens is 326 g/mol. The van der Waals surface area contributed by atoms with Crippen molar-refractivity contribution in [1.29, 1.82) is 0 Å². The first-order valence-electron chi connectivity index (χ1n) is 11.4. The fourth-order valence-corrected chi connectivity index (χ4v) is 3.72. The van der Waals surface area contributed by atoms with Crippen molar-refractivity contribution in [3.8, 4) is 0 Å². The third-order valence-electron chi connectivity index (χ3n) is 5.49. The molecule has 2 aromatic rings. The molecule has 0 unspecified atom stereocenters. The zero-order valence-corrected chi connectivity index (χ0v) is 17.5. The second-order valence-electron chi connectivity index (χ2n) is 8.00. The van der Waals surface area contributed by atoms with Crippen molar-refractivity contribution in [2.45, 2.75) is 96.9 Å². The SMILES string of the molecule is CCCCCCCCCCCCCCc1cc[n+](Cc2ccccc2)cc1. The fraction of sp³-hybridized carbons (Fsp3) is 0.577. The van der Waals surface area contributed by atoms with Crippen LogP contribution in [0, 0.1) is 0 Å². The summed E-state index contributed by atoms with van der Waals surface area (Å²) in [5.74, 6) is 0. The highest BCUT2D eigenvalue weighted by atomic mass is 14.9. The Balaban J connectivity index is 1.46. The number of aryl methyl sites for hydroxylation is 1. The molecule has 0 radical (unpaired) electrons.